The maximum absolute atomic E-state index is 13.4. The second-order valence-electron chi connectivity index (χ2n) is 7.71. The third kappa shape index (κ3) is 4.05. The molecule has 2 aromatic heterocycles. The van der Waals surface area contributed by atoms with E-state index < -0.39 is 0 Å². The maximum atomic E-state index is 13.4. The van der Waals surface area contributed by atoms with Gasteiger partial charge in [0, 0.05) is 29.0 Å². The smallest absolute Gasteiger partial charge is 0.282 e. The van der Waals surface area contributed by atoms with Crippen molar-refractivity contribution < 1.29 is 4.42 Å². The molecule has 164 valence electrons. The molecule has 33 heavy (non-hydrogen) atoms. The van der Waals surface area contributed by atoms with Crippen LogP contribution in [0.5, 0.6) is 0 Å². The lowest BCUT2D eigenvalue weighted by molar-refractivity contribution is 0.616. The molecular formula is C25H18BrClN4O2. The van der Waals surface area contributed by atoms with Gasteiger partial charge in [0.2, 0.25) is 5.82 Å². The van der Waals surface area contributed by atoms with Crippen LogP contribution in [0.4, 0.5) is 5.69 Å². The van der Waals surface area contributed by atoms with Gasteiger partial charge in [-0.2, -0.15) is 9.78 Å². The van der Waals surface area contributed by atoms with Gasteiger partial charge in [0.25, 0.3) is 5.56 Å². The van der Waals surface area contributed by atoms with Crippen molar-refractivity contribution in [1.29, 1.82) is 0 Å². The van der Waals surface area contributed by atoms with E-state index in [0.717, 1.165) is 21.1 Å². The number of rotatable bonds is 4. The molecule has 0 spiro atoms. The van der Waals surface area contributed by atoms with Crippen LogP contribution in [0.25, 0.3) is 33.5 Å². The first-order valence-corrected chi connectivity index (χ1v) is 11.3. The Kier molecular flexibility index (Phi) is 5.52. The standard InChI is InChI=1S/C25H18BrClN4O2/c1-30(2)21-9-7-15(11-19(21)26)14-28-31-24(29-20-6-4-3-5-18(20)25(31)32)23-13-16-12-17(27)8-10-22(16)33-23/h3-14H,1-2H3. The Morgan fingerprint density at radius 2 is 1.91 bits per heavy atom. The fourth-order valence-electron chi connectivity index (χ4n) is 3.61. The SMILES string of the molecule is CN(C)c1ccc(C=Nn2c(-c3cc4cc(Cl)ccc4o3)nc3ccccc3c2=O)cc1Br. The average Bonchev–Trinajstić information content (AvgIpc) is 3.21. The van der Waals surface area contributed by atoms with Gasteiger partial charge in [0.05, 0.1) is 22.8 Å². The minimum absolute atomic E-state index is 0.283. The molecular weight excluding hydrogens is 504 g/mol. The maximum Gasteiger partial charge on any atom is 0.282 e. The Morgan fingerprint density at radius 3 is 2.70 bits per heavy atom. The number of nitrogens with zero attached hydrogens (tertiary/aromatic N) is 4. The zero-order valence-corrected chi connectivity index (χ0v) is 20.1. The highest BCUT2D eigenvalue weighted by Gasteiger charge is 2.16. The summed E-state index contributed by atoms with van der Waals surface area (Å²) in [6.07, 6.45) is 1.63. The van der Waals surface area contributed by atoms with E-state index in [1.54, 1.807) is 42.6 Å². The Bertz CT molecular complexity index is 1600. The number of fused-ring (bicyclic) bond motifs is 2. The zero-order valence-electron chi connectivity index (χ0n) is 17.8. The Morgan fingerprint density at radius 1 is 1.09 bits per heavy atom. The third-order valence-corrected chi connectivity index (χ3v) is 6.10. The highest BCUT2D eigenvalue weighted by molar-refractivity contribution is 9.10. The predicted octanol–water partition coefficient (Wildman–Crippen LogP) is 6.17. The first-order valence-electron chi connectivity index (χ1n) is 10.1. The lowest BCUT2D eigenvalue weighted by Crippen LogP contribution is -2.20. The number of benzene rings is 3. The molecule has 0 fully saturated rings. The summed E-state index contributed by atoms with van der Waals surface area (Å²) in [6.45, 7) is 0. The Hall–Kier alpha value is -3.42. The molecule has 0 radical (unpaired) electrons. The fraction of sp³-hybridized carbons (Fsp3) is 0.0800. The quantitative estimate of drug-likeness (QED) is 0.265. The van der Waals surface area contributed by atoms with Crippen molar-refractivity contribution in [3.63, 3.8) is 0 Å². The van der Waals surface area contributed by atoms with Crippen molar-refractivity contribution in [2.75, 3.05) is 19.0 Å². The molecule has 0 aliphatic heterocycles. The lowest BCUT2D eigenvalue weighted by atomic mass is 10.2. The summed E-state index contributed by atoms with van der Waals surface area (Å²) >= 11 is 9.71. The first-order chi connectivity index (χ1) is 15.9. The predicted molar refractivity (Wildman–Crippen MR) is 138 cm³/mol. The van der Waals surface area contributed by atoms with Crippen LogP contribution >= 0.6 is 27.5 Å². The van der Waals surface area contributed by atoms with Gasteiger partial charge in [0.1, 0.15) is 5.58 Å². The molecule has 0 saturated carbocycles. The zero-order chi connectivity index (χ0) is 23.1. The molecule has 0 aliphatic rings. The van der Waals surface area contributed by atoms with Crippen LogP contribution in [0, 0.1) is 0 Å². The molecule has 0 N–H and O–H groups in total. The molecule has 0 aliphatic carbocycles. The van der Waals surface area contributed by atoms with Crippen LogP contribution in [-0.4, -0.2) is 30.0 Å². The second kappa shape index (κ2) is 8.50. The molecule has 0 saturated heterocycles. The molecule has 8 heteroatoms. The number of hydrogen-bond donors (Lipinski definition) is 0. The van der Waals surface area contributed by atoms with Crippen molar-refractivity contribution in [1.82, 2.24) is 9.66 Å². The normalized spacial score (nSPS) is 11.6. The van der Waals surface area contributed by atoms with Crippen molar-refractivity contribution in [3.05, 3.63) is 92.1 Å². The number of halogens is 2. The molecule has 0 amide bonds. The van der Waals surface area contributed by atoms with E-state index >= 15 is 0 Å². The largest absolute Gasteiger partial charge is 0.453 e. The Labute approximate surface area is 202 Å². The van der Waals surface area contributed by atoms with Gasteiger partial charge >= 0.3 is 0 Å². The fourth-order valence-corrected chi connectivity index (χ4v) is 4.54. The van der Waals surface area contributed by atoms with Crippen LogP contribution in [0.15, 0.2) is 85.5 Å². The van der Waals surface area contributed by atoms with Gasteiger partial charge in [-0.15, -0.1) is 0 Å². The van der Waals surface area contributed by atoms with E-state index in [1.807, 2.05) is 49.3 Å². The lowest BCUT2D eigenvalue weighted by Gasteiger charge is -2.14. The molecule has 3 aromatic carbocycles. The van der Waals surface area contributed by atoms with Crippen LogP contribution in [-0.2, 0) is 0 Å². The van der Waals surface area contributed by atoms with Crippen LogP contribution in [0.2, 0.25) is 5.02 Å². The molecule has 6 nitrogen and oxygen atoms in total. The van der Waals surface area contributed by atoms with Crippen LogP contribution in [0.3, 0.4) is 0 Å². The highest BCUT2D eigenvalue weighted by atomic mass is 79.9. The topological polar surface area (TPSA) is 63.6 Å². The number of anilines is 1. The summed E-state index contributed by atoms with van der Waals surface area (Å²) in [5.74, 6) is 0.739. The number of hydrogen-bond acceptors (Lipinski definition) is 5. The summed E-state index contributed by atoms with van der Waals surface area (Å²) in [4.78, 5) is 20.1. The molecule has 0 unspecified atom stereocenters. The van der Waals surface area contributed by atoms with E-state index in [9.17, 15) is 4.79 Å². The summed E-state index contributed by atoms with van der Waals surface area (Å²) in [6, 6.07) is 20.2. The van der Waals surface area contributed by atoms with E-state index in [-0.39, 0.29) is 5.56 Å². The minimum atomic E-state index is -0.283. The van der Waals surface area contributed by atoms with Gasteiger partial charge in [-0.25, -0.2) is 4.98 Å². The summed E-state index contributed by atoms with van der Waals surface area (Å²) in [5.41, 5.74) is 2.80. The number of para-hydroxylation sites is 1. The van der Waals surface area contributed by atoms with Gasteiger partial charge in [-0.1, -0.05) is 29.8 Å². The van der Waals surface area contributed by atoms with Crippen molar-refractivity contribution in [2.24, 2.45) is 5.10 Å². The molecule has 5 rings (SSSR count). The van der Waals surface area contributed by atoms with Gasteiger partial charge in [-0.05, 0) is 70.0 Å². The minimum Gasteiger partial charge on any atom is -0.453 e. The monoisotopic (exact) mass is 520 g/mol. The molecule has 0 atom stereocenters. The van der Waals surface area contributed by atoms with E-state index in [2.05, 4.69) is 21.0 Å². The van der Waals surface area contributed by atoms with Crippen molar-refractivity contribution in [2.45, 2.75) is 0 Å². The van der Waals surface area contributed by atoms with Gasteiger partial charge in [0.15, 0.2) is 5.76 Å². The molecule has 5 aromatic rings. The number of furan rings is 1. The van der Waals surface area contributed by atoms with Crippen LogP contribution in [0.1, 0.15) is 5.56 Å². The van der Waals surface area contributed by atoms with E-state index in [4.69, 9.17) is 21.0 Å². The second-order valence-corrected chi connectivity index (χ2v) is 9.00. The summed E-state index contributed by atoms with van der Waals surface area (Å²) in [5, 5.41) is 6.39. The molecule has 0 bridgehead atoms. The van der Waals surface area contributed by atoms with Gasteiger partial charge in [-0.3, -0.25) is 4.79 Å². The Balaban J connectivity index is 1.68. The van der Waals surface area contributed by atoms with Gasteiger partial charge < -0.3 is 9.32 Å². The summed E-state index contributed by atoms with van der Waals surface area (Å²) in [7, 11) is 3.95. The third-order valence-electron chi connectivity index (χ3n) is 5.23. The summed E-state index contributed by atoms with van der Waals surface area (Å²) < 4.78 is 8.20. The van der Waals surface area contributed by atoms with Crippen molar-refractivity contribution in [3.8, 4) is 11.6 Å². The van der Waals surface area contributed by atoms with E-state index in [0.29, 0.717) is 33.1 Å². The van der Waals surface area contributed by atoms with Crippen LogP contribution < -0.4 is 10.5 Å². The number of aromatic nitrogens is 2. The average molecular weight is 522 g/mol. The van der Waals surface area contributed by atoms with Crippen molar-refractivity contribution >= 4 is 61.3 Å². The highest BCUT2D eigenvalue weighted by Crippen LogP contribution is 2.29. The molecule has 2 heterocycles. The van der Waals surface area contributed by atoms with E-state index in [1.165, 1.54) is 4.68 Å². The first kappa shape index (κ1) is 21.4.